The minimum atomic E-state index is -0.884. The maximum absolute atomic E-state index is 10.9. The molecule has 0 aliphatic heterocycles. The van der Waals surface area contributed by atoms with E-state index >= 15 is 0 Å². The summed E-state index contributed by atoms with van der Waals surface area (Å²) in [6.45, 7) is 1.60. The van der Waals surface area contributed by atoms with Crippen molar-refractivity contribution in [2.24, 2.45) is 0 Å². The molecule has 2 N–H and O–H groups in total. The van der Waals surface area contributed by atoms with Crippen LogP contribution in [0.15, 0.2) is 35.2 Å². The van der Waals surface area contributed by atoms with E-state index in [2.05, 4.69) is 0 Å². The van der Waals surface area contributed by atoms with Crippen molar-refractivity contribution in [2.75, 3.05) is 0 Å². The second-order valence-corrected chi connectivity index (χ2v) is 4.62. The molecule has 1 rings (SSSR count). The lowest BCUT2D eigenvalue weighted by Gasteiger charge is -2.13. The van der Waals surface area contributed by atoms with Crippen molar-refractivity contribution in [3.8, 4) is 0 Å². The number of benzene rings is 1. The summed E-state index contributed by atoms with van der Waals surface area (Å²) in [6, 6.07) is 9.34. The summed E-state index contributed by atoms with van der Waals surface area (Å²) >= 11 is 1.27. The summed E-state index contributed by atoms with van der Waals surface area (Å²) < 4.78 is 0. The average Bonchev–Trinajstić information content (AvgIpc) is 2.17. The van der Waals surface area contributed by atoms with Crippen LogP contribution in [0.25, 0.3) is 0 Å². The van der Waals surface area contributed by atoms with Crippen molar-refractivity contribution in [1.82, 2.24) is 0 Å². The fraction of sp³-hybridized carbons (Fsp3) is 0.364. The molecule has 4 heteroatoms. The Labute approximate surface area is 93.1 Å². The predicted molar refractivity (Wildman–Crippen MR) is 60.0 cm³/mol. The lowest BCUT2D eigenvalue weighted by atomic mass is 10.2. The molecule has 0 spiro atoms. The van der Waals surface area contributed by atoms with Gasteiger partial charge in [-0.05, 0) is 25.5 Å². The Morgan fingerprint density at radius 3 is 2.47 bits per heavy atom. The van der Waals surface area contributed by atoms with Gasteiger partial charge in [0, 0.05) is 4.90 Å². The van der Waals surface area contributed by atoms with Crippen LogP contribution in [0.5, 0.6) is 0 Å². The first kappa shape index (κ1) is 12.1. The monoisotopic (exact) mass is 226 g/mol. The van der Waals surface area contributed by atoms with E-state index in [0.717, 1.165) is 4.90 Å². The van der Waals surface area contributed by atoms with Crippen LogP contribution in [0, 0.1) is 0 Å². The van der Waals surface area contributed by atoms with Crippen LogP contribution in [0.2, 0.25) is 0 Å². The quantitative estimate of drug-likeness (QED) is 0.754. The molecular weight excluding hydrogens is 212 g/mol. The lowest BCUT2D eigenvalue weighted by Crippen LogP contribution is -2.21. The van der Waals surface area contributed by atoms with Gasteiger partial charge >= 0.3 is 5.97 Å². The highest BCUT2D eigenvalue weighted by Crippen LogP contribution is 2.26. The molecule has 1 aromatic carbocycles. The van der Waals surface area contributed by atoms with Crippen LogP contribution in [-0.4, -0.2) is 27.5 Å². The fourth-order valence-electron chi connectivity index (χ4n) is 1.17. The molecule has 1 aromatic rings. The van der Waals surface area contributed by atoms with E-state index in [9.17, 15) is 9.90 Å². The fourth-order valence-corrected chi connectivity index (χ4v) is 2.29. The second-order valence-electron chi connectivity index (χ2n) is 3.34. The van der Waals surface area contributed by atoms with Gasteiger partial charge < -0.3 is 10.2 Å². The molecule has 1 unspecified atom stereocenters. The van der Waals surface area contributed by atoms with Gasteiger partial charge in [-0.2, -0.15) is 0 Å². The molecule has 0 aliphatic rings. The molecule has 2 atom stereocenters. The van der Waals surface area contributed by atoms with Crippen LogP contribution in [0.4, 0.5) is 0 Å². The van der Waals surface area contributed by atoms with Crippen LogP contribution in [0.1, 0.15) is 13.3 Å². The van der Waals surface area contributed by atoms with Crippen molar-refractivity contribution in [3.05, 3.63) is 30.3 Å². The SMILES string of the molecule is C[C@H](O)CC(Sc1ccccc1)C(=O)O. The number of aliphatic carboxylic acids is 1. The number of hydrogen-bond donors (Lipinski definition) is 2. The van der Waals surface area contributed by atoms with Crippen molar-refractivity contribution in [2.45, 2.75) is 29.6 Å². The zero-order chi connectivity index (χ0) is 11.3. The molecule has 0 aromatic heterocycles. The van der Waals surface area contributed by atoms with E-state index in [1.54, 1.807) is 6.92 Å². The standard InChI is InChI=1S/C11H14O3S/c1-8(12)7-10(11(13)14)15-9-5-3-2-4-6-9/h2-6,8,10,12H,7H2,1H3,(H,13,14)/t8-,10?/m0/s1. The summed E-state index contributed by atoms with van der Waals surface area (Å²) in [5, 5.41) is 17.5. The summed E-state index contributed by atoms with van der Waals surface area (Å²) in [5.74, 6) is -0.884. The molecule has 0 radical (unpaired) electrons. The lowest BCUT2D eigenvalue weighted by molar-refractivity contribution is -0.136. The first-order valence-corrected chi connectivity index (χ1v) is 5.60. The van der Waals surface area contributed by atoms with Gasteiger partial charge in [-0.25, -0.2) is 0 Å². The van der Waals surface area contributed by atoms with E-state index in [0.29, 0.717) is 0 Å². The van der Waals surface area contributed by atoms with Gasteiger partial charge in [-0.15, -0.1) is 11.8 Å². The summed E-state index contributed by atoms with van der Waals surface area (Å²) in [7, 11) is 0. The Kier molecular flexibility index (Phi) is 4.65. The van der Waals surface area contributed by atoms with E-state index < -0.39 is 17.3 Å². The number of rotatable bonds is 5. The van der Waals surface area contributed by atoms with Crippen LogP contribution in [0.3, 0.4) is 0 Å². The Bertz CT molecular complexity index is 311. The molecule has 82 valence electrons. The topological polar surface area (TPSA) is 57.5 Å². The minimum Gasteiger partial charge on any atom is -0.480 e. The van der Waals surface area contributed by atoms with Gasteiger partial charge in [-0.3, -0.25) is 4.79 Å². The Morgan fingerprint density at radius 2 is 2.00 bits per heavy atom. The van der Waals surface area contributed by atoms with Gasteiger partial charge in [0.1, 0.15) is 5.25 Å². The summed E-state index contributed by atoms with van der Waals surface area (Å²) in [6.07, 6.45) is -0.336. The summed E-state index contributed by atoms with van der Waals surface area (Å²) in [5.41, 5.74) is 0. The van der Waals surface area contributed by atoms with E-state index in [1.165, 1.54) is 11.8 Å². The molecule has 0 fully saturated rings. The molecule has 0 bridgehead atoms. The highest BCUT2D eigenvalue weighted by atomic mass is 32.2. The maximum atomic E-state index is 10.9. The second kappa shape index (κ2) is 5.78. The number of thioether (sulfide) groups is 1. The largest absolute Gasteiger partial charge is 0.480 e. The van der Waals surface area contributed by atoms with Crippen molar-refractivity contribution in [1.29, 1.82) is 0 Å². The van der Waals surface area contributed by atoms with Crippen molar-refractivity contribution < 1.29 is 15.0 Å². The third kappa shape index (κ3) is 4.36. The Balaban J connectivity index is 2.63. The van der Waals surface area contributed by atoms with Gasteiger partial charge in [0.2, 0.25) is 0 Å². The zero-order valence-electron chi connectivity index (χ0n) is 8.46. The van der Waals surface area contributed by atoms with Crippen molar-refractivity contribution in [3.63, 3.8) is 0 Å². The van der Waals surface area contributed by atoms with Gasteiger partial charge in [-0.1, -0.05) is 18.2 Å². The minimum absolute atomic E-state index is 0.259. The first-order chi connectivity index (χ1) is 7.09. The summed E-state index contributed by atoms with van der Waals surface area (Å²) in [4.78, 5) is 11.8. The van der Waals surface area contributed by atoms with Crippen LogP contribution >= 0.6 is 11.8 Å². The average molecular weight is 226 g/mol. The number of aliphatic hydroxyl groups excluding tert-OH is 1. The first-order valence-electron chi connectivity index (χ1n) is 4.72. The number of carboxylic acids is 1. The molecular formula is C11H14O3S. The third-order valence-electron chi connectivity index (χ3n) is 1.85. The van der Waals surface area contributed by atoms with Gasteiger partial charge in [0.05, 0.1) is 6.10 Å². The molecule has 15 heavy (non-hydrogen) atoms. The number of carboxylic acid groups (broad SMARTS) is 1. The Hall–Kier alpha value is -1.00. The molecule has 0 saturated heterocycles. The highest BCUT2D eigenvalue weighted by molar-refractivity contribution is 8.00. The molecule has 0 saturated carbocycles. The van der Waals surface area contributed by atoms with E-state index in [-0.39, 0.29) is 6.42 Å². The normalized spacial score (nSPS) is 14.5. The van der Waals surface area contributed by atoms with Crippen molar-refractivity contribution >= 4 is 17.7 Å². The van der Waals surface area contributed by atoms with Gasteiger partial charge in [0.15, 0.2) is 0 Å². The smallest absolute Gasteiger partial charge is 0.317 e. The number of aliphatic hydroxyl groups is 1. The molecule has 0 aliphatic carbocycles. The molecule has 0 amide bonds. The zero-order valence-corrected chi connectivity index (χ0v) is 9.28. The third-order valence-corrected chi connectivity index (χ3v) is 3.08. The van der Waals surface area contributed by atoms with Crippen LogP contribution in [-0.2, 0) is 4.79 Å². The predicted octanol–water partition coefficient (Wildman–Crippen LogP) is 2.00. The molecule has 0 heterocycles. The van der Waals surface area contributed by atoms with Crippen LogP contribution < -0.4 is 0 Å². The van der Waals surface area contributed by atoms with Gasteiger partial charge in [0.25, 0.3) is 0 Å². The van der Waals surface area contributed by atoms with E-state index in [1.807, 2.05) is 30.3 Å². The van der Waals surface area contributed by atoms with E-state index in [4.69, 9.17) is 5.11 Å². The number of carbonyl (C=O) groups is 1. The molecule has 3 nitrogen and oxygen atoms in total. The maximum Gasteiger partial charge on any atom is 0.317 e. The highest BCUT2D eigenvalue weighted by Gasteiger charge is 2.20. The Morgan fingerprint density at radius 1 is 1.40 bits per heavy atom. The number of hydrogen-bond acceptors (Lipinski definition) is 3.